The monoisotopic (exact) mass is 121 g/mol. The lowest BCUT2D eigenvalue weighted by Gasteiger charge is -2.04. The lowest BCUT2D eigenvalue weighted by molar-refractivity contribution is 0.00803. The highest BCUT2D eigenvalue weighted by molar-refractivity contribution is 4.82. The van der Waals surface area contributed by atoms with Crippen molar-refractivity contribution in [2.24, 2.45) is 5.73 Å². The average Bonchev–Trinajstić information content (AvgIpc) is 1.82. The Morgan fingerprint density at radius 3 is 2.25 bits per heavy atom. The number of nitrogens with two attached hydrogens (primary N) is 1. The van der Waals surface area contributed by atoms with E-state index in [1.54, 1.807) is 0 Å². The van der Waals surface area contributed by atoms with Crippen LogP contribution in [-0.4, -0.2) is 12.0 Å². The van der Waals surface area contributed by atoms with E-state index in [2.05, 4.69) is 0 Å². The van der Waals surface area contributed by atoms with Crippen molar-refractivity contribution in [1.82, 2.24) is 0 Å². The van der Waals surface area contributed by atoms with Gasteiger partial charge in [-0.1, -0.05) is 0 Å². The second kappa shape index (κ2) is 1.65. The van der Waals surface area contributed by atoms with Gasteiger partial charge in [0.2, 0.25) is 5.92 Å². The summed E-state index contributed by atoms with van der Waals surface area (Å²) in [4.78, 5) is 0. The molecule has 0 unspecified atom stereocenters. The predicted molar refractivity (Wildman–Crippen MR) is 26.8 cm³/mol. The van der Waals surface area contributed by atoms with Gasteiger partial charge in [0.05, 0.1) is 0 Å². The summed E-state index contributed by atoms with van der Waals surface area (Å²) in [7, 11) is 0. The third-order valence-electron chi connectivity index (χ3n) is 1.44. The quantitative estimate of drug-likeness (QED) is 0.510. The summed E-state index contributed by atoms with van der Waals surface area (Å²) in [5.74, 6) is -2.46. The van der Waals surface area contributed by atoms with Crippen molar-refractivity contribution in [2.75, 3.05) is 0 Å². The zero-order chi connectivity index (χ0) is 6.20. The van der Waals surface area contributed by atoms with Gasteiger partial charge in [0.25, 0.3) is 0 Å². The van der Waals surface area contributed by atoms with Crippen molar-refractivity contribution in [3.63, 3.8) is 0 Å². The highest BCUT2D eigenvalue weighted by Gasteiger charge is 2.37. The normalized spacial score (nSPS) is 35.6. The molecular formula is C5H9F2N. The fraction of sp³-hybridized carbons (Fsp3) is 1.00. The van der Waals surface area contributed by atoms with E-state index >= 15 is 0 Å². The maximum Gasteiger partial charge on any atom is 0.249 e. The molecule has 0 aromatic carbocycles. The number of alkyl halides is 2. The summed E-state index contributed by atoms with van der Waals surface area (Å²) in [6, 6.07) is -0.259. The smallest absolute Gasteiger partial charge is 0.249 e. The van der Waals surface area contributed by atoms with Gasteiger partial charge in [-0.25, -0.2) is 8.78 Å². The van der Waals surface area contributed by atoms with Crippen LogP contribution < -0.4 is 5.73 Å². The first-order chi connectivity index (χ1) is 3.60. The predicted octanol–water partition coefficient (Wildman–Crippen LogP) is 1.13. The molecule has 0 aliphatic heterocycles. The molecule has 0 heterocycles. The Morgan fingerprint density at radius 2 is 2.12 bits per heavy atom. The minimum Gasteiger partial charge on any atom is -0.327 e. The molecule has 48 valence electrons. The first kappa shape index (κ1) is 5.95. The first-order valence-corrected chi connectivity index (χ1v) is 2.73. The lowest BCUT2D eigenvalue weighted by Crippen LogP contribution is -2.18. The molecule has 1 aliphatic carbocycles. The molecular weight excluding hydrogens is 112 g/mol. The maximum absolute atomic E-state index is 12.1. The molecule has 1 fully saturated rings. The summed E-state index contributed by atoms with van der Waals surface area (Å²) in [5.41, 5.74) is 5.23. The van der Waals surface area contributed by atoms with Crippen LogP contribution in [0.5, 0.6) is 0 Å². The van der Waals surface area contributed by atoms with Crippen LogP contribution in [0.25, 0.3) is 0 Å². The molecule has 1 nitrogen and oxygen atoms in total. The Balaban J connectivity index is 2.44. The number of rotatable bonds is 0. The second-order valence-electron chi connectivity index (χ2n) is 2.36. The molecule has 0 radical (unpaired) electrons. The van der Waals surface area contributed by atoms with Crippen molar-refractivity contribution < 1.29 is 8.78 Å². The van der Waals surface area contributed by atoms with E-state index in [1.807, 2.05) is 0 Å². The molecule has 1 aliphatic rings. The second-order valence-corrected chi connectivity index (χ2v) is 2.36. The van der Waals surface area contributed by atoms with Gasteiger partial charge in [0.15, 0.2) is 0 Å². The van der Waals surface area contributed by atoms with E-state index in [9.17, 15) is 8.78 Å². The van der Waals surface area contributed by atoms with E-state index in [-0.39, 0.29) is 18.9 Å². The van der Waals surface area contributed by atoms with E-state index in [4.69, 9.17) is 5.73 Å². The van der Waals surface area contributed by atoms with Crippen LogP contribution in [0, 0.1) is 0 Å². The molecule has 0 aromatic heterocycles. The highest BCUT2D eigenvalue weighted by atomic mass is 19.3. The molecule has 0 spiro atoms. The zero-order valence-electron chi connectivity index (χ0n) is 4.53. The minimum atomic E-state index is -2.46. The van der Waals surface area contributed by atoms with Crippen LogP contribution in [-0.2, 0) is 0 Å². The Bertz CT molecular complexity index is 92.4. The zero-order valence-corrected chi connectivity index (χ0v) is 4.53. The van der Waals surface area contributed by atoms with Crippen molar-refractivity contribution in [2.45, 2.75) is 31.2 Å². The highest BCUT2D eigenvalue weighted by Crippen LogP contribution is 2.33. The standard InChI is InChI=1S/C5H9F2N/c6-5(7)2-1-4(8)3-5/h4H,1-3,8H2/t4-/m1/s1. The van der Waals surface area contributed by atoms with Gasteiger partial charge >= 0.3 is 0 Å². The Labute approximate surface area is 46.9 Å². The van der Waals surface area contributed by atoms with Gasteiger partial charge in [0, 0.05) is 18.9 Å². The molecule has 1 atom stereocenters. The van der Waals surface area contributed by atoms with Crippen LogP contribution >= 0.6 is 0 Å². The summed E-state index contributed by atoms with van der Waals surface area (Å²) in [6.45, 7) is 0. The molecule has 0 saturated heterocycles. The van der Waals surface area contributed by atoms with E-state index in [0.717, 1.165) is 0 Å². The van der Waals surface area contributed by atoms with Crippen LogP contribution in [0.3, 0.4) is 0 Å². The molecule has 3 heteroatoms. The maximum atomic E-state index is 12.1. The van der Waals surface area contributed by atoms with Crippen molar-refractivity contribution in [3.8, 4) is 0 Å². The first-order valence-electron chi connectivity index (χ1n) is 2.73. The van der Waals surface area contributed by atoms with Crippen LogP contribution in [0.15, 0.2) is 0 Å². The van der Waals surface area contributed by atoms with Crippen molar-refractivity contribution in [1.29, 1.82) is 0 Å². The molecule has 2 N–H and O–H groups in total. The Kier molecular flexibility index (Phi) is 1.23. The summed E-state index contributed by atoms with van der Waals surface area (Å²) in [6.07, 6.45) is 0.341. The average molecular weight is 121 g/mol. The Morgan fingerprint density at radius 1 is 1.50 bits per heavy atom. The SMILES string of the molecule is N[C@@H]1CCC(F)(F)C1. The molecule has 0 bridgehead atoms. The van der Waals surface area contributed by atoms with E-state index in [0.29, 0.717) is 6.42 Å². The summed E-state index contributed by atoms with van der Waals surface area (Å²) in [5, 5.41) is 0. The third kappa shape index (κ3) is 1.15. The summed E-state index contributed by atoms with van der Waals surface area (Å²) < 4.78 is 24.2. The molecule has 1 rings (SSSR count). The molecule has 1 saturated carbocycles. The molecule has 8 heavy (non-hydrogen) atoms. The fourth-order valence-corrected chi connectivity index (χ4v) is 0.984. The fourth-order valence-electron chi connectivity index (χ4n) is 0.984. The van der Waals surface area contributed by atoms with Crippen LogP contribution in [0.4, 0.5) is 8.78 Å². The van der Waals surface area contributed by atoms with Crippen molar-refractivity contribution >= 4 is 0 Å². The third-order valence-corrected chi connectivity index (χ3v) is 1.44. The van der Waals surface area contributed by atoms with E-state index < -0.39 is 5.92 Å². The van der Waals surface area contributed by atoms with E-state index in [1.165, 1.54) is 0 Å². The topological polar surface area (TPSA) is 26.0 Å². The molecule has 0 amide bonds. The largest absolute Gasteiger partial charge is 0.327 e. The minimum absolute atomic E-state index is 0.0197. The van der Waals surface area contributed by atoms with Crippen LogP contribution in [0.2, 0.25) is 0 Å². The number of hydrogen-bond donors (Lipinski definition) is 1. The molecule has 0 aromatic rings. The van der Waals surface area contributed by atoms with Gasteiger partial charge in [-0.2, -0.15) is 0 Å². The van der Waals surface area contributed by atoms with Gasteiger partial charge in [-0.3, -0.25) is 0 Å². The van der Waals surface area contributed by atoms with Crippen LogP contribution in [0.1, 0.15) is 19.3 Å². The van der Waals surface area contributed by atoms with Gasteiger partial charge in [0.1, 0.15) is 0 Å². The number of hydrogen-bond acceptors (Lipinski definition) is 1. The van der Waals surface area contributed by atoms with Crippen molar-refractivity contribution in [3.05, 3.63) is 0 Å². The lowest BCUT2D eigenvalue weighted by atomic mass is 10.3. The van der Waals surface area contributed by atoms with Gasteiger partial charge < -0.3 is 5.73 Å². The number of halogens is 2. The Hall–Kier alpha value is -0.180. The van der Waals surface area contributed by atoms with Gasteiger partial charge in [-0.05, 0) is 6.42 Å². The van der Waals surface area contributed by atoms with Gasteiger partial charge in [-0.15, -0.1) is 0 Å². The summed E-state index contributed by atoms with van der Waals surface area (Å²) >= 11 is 0.